The van der Waals surface area contributed by atoms with Gasteiger partial charge in [0.05, 0.1) is 5.41 Å². The highest BCUT2D eigenvalue weighted by Crippen LogP contribution is 2.14. The van der Waals surface area contributed by atoms with Gasteiger partial charge in [0.25, 0.3) is 0 Å². The molecule has 1 rings (SSSR count). The van der Waals surface area contributed by atoms with Crippen molar-refractivity contribution < 1.29 is 9.59 Å². The van der Waals surface area contributed by atoms with E-state index in [0.717, 1.165) is 19.4 Å². The lowest BCUT2D eigenvalue weighted by molar-refractivity contribution is -0.125. The van der Waals surface area contributed by atoms with E-state index in [4.69, 9.17) is 5.73 Å². The molecule has 1 atom stereocenters. The van der Waals surface area contributed by atoms with Crippen LogP contribution in [0.4, 0.5) is 0 Å². The lowest BCUT2D eigenvalue weighted by atomic mass is 9.92. The van der Waals surface area contributed by atoms with E-state index in [0.29, 0.717) is 13.0 Å². The van der Waals surface area contributed by atoms with Gasteiger partial charge in [-0.15, -0.1) is 0 Å². The molecule has 0 saturated carbocycles. The lowest BCUT2D eigenvalue weighted by Gasteiger charge is -2.24. The van der Waals surface area contributed by atoms with Gasteiger partial charge in [0.15, 0.2) is 0 Å². The first-order valence-electron chi connectivity index (χ1n) is 5.72. The SMILES string of the molecule is CC(C)(CNC1CCCNC(=O)C1)C(N)=O. The summed E-state index contributed by atoms with van der Waals surface area (Å²) in [5.41, 5.74) is 4.72. The molecule has 5 heteroatoms. The normalized spacial score (nSPS) is 22.4. The van der Waals surface area contributed by atoms with E-state index >= 15 is 0 Å². The van der Waals surface area contributed by atoms with Gasteiger partial charge in [-0.3, -0.25) is 9.59 Å². The zero-order valence-electron chi connectivity index (χ0n) is 10.0. The minimum Gasteiger partial charge on any atom is -0.369 e. The van der Waals surface area contributed by atoms with Crippen LogP contribution in [0, 0.1) is 5.41 Å². The fourth-order valence-corrected chi connectivity index (χ4v) is 1.64. The molecule has 1 aliphatic heterocycles. The largest absolute Gasteiger partial charge is 0.369 e. The van der Waals surface area contributed by atoms with Crippen molar-refractivity contribution in [2.24, 2.45) is 11.1 Å². The Hall–Kier alpha value is -1.10. The summed E-state index contributed by atoms with van der Waals surface area (Å²) in [6.45, 7) is 4.87. The summed E-state index contributed by atoms with van der Waals surface area (Å²) in [7, 11) is 0. The summed E-state index contributed by atoms with van der Waals surface area (Å²) in [4.78, 5) is 22.4. The van der Waals surface area contributed by atoms with Gasteiger partial charge in [0.1, 0.15) is 0 Å². The van der Waals surface area contributed by atoms with E-state index in [-0.39, 0.29) is 17.9 Å². The zero-order valence-corrected chi connectivity index (χ0v) is 10.0. The van der Waals surface area contributed by atoms with Crippen molar-refractivity contribution in [2.75, 3.05) is 13.1 Å². The summed E-state index contributed by atoms with van der Waals surface area (Å²) >= 11 is 0. The molecular weight excluding hydrogens is 206 g/mol. The van der Waals surface area contributed by atoms with Crippen LogP contribution in [0.3, 0.4) is 0 Å². The van der Waals surface area contributed by atoms with Crippen molar-refractivity contribution in [2.45, 2.75) is 39.2 Å². The Morgan fingerprint density at radius 3 is 2.94 bits per heavy atom. The molecular formula is C11H21N3O2. The van der Waals surface area contributed by atoms with Crippen LogP contribution in [0.15, 0.2) is 0 Å². The zero-order chi connectivity index (χ0) is 12.2. The van der Waals surface area contributed by atoms with Crippen molar-refractivity contribution in [3.8, 4) is 0 Å². The van der Waals surface area contributed by atoms with Gasteiger partial charge >= 0.3 is 0 Å². The van der Waals surface area contributed by atoms with Gasteiger partial charge in [-0.05, 0) is 26.7 Å². The van der Waals surface area contributed by atoms with E-state index in [1.165, 1.54) is 0 Å². The predicted octanol–water partition coefficient (Wildman–Crippen LogP) is -0.244. The Kier molecular flexibility index (Phi) is 4.29. The van der Waals surface area contributed by atoms with Crippen molar-refractivity contribution >= 4 is 11.8 Å². The van der Waals surface area contributed by atoms with Crippen molar-refractivity contribution in [1.29, 1.82) is 0 Å². The maximum absolute atomic E-state index is 11.3. The molecule has 16 heavy (non-hydrogen) atoms. The third kappa shape index (κ3) is 3.81. The maximum atomic E-state index is 11.3. The van der Waals surface area contributed by atoms with E-state index < -0.39 is 5.41 Å². The van der Waals surface area contributed by atoms with Gasteiger partial charge in [0.2, 0.25) is 11.8 Å². The molecule has 2 amide bonds. The number of nitrogens with two attached hydrogens (primary N) is 1. The van der Waals surface area contributed by atoms with Gasteiger partial charge in [-0.1, -0.05) is 0 Å². The fourth-order valence-electron chi connectivity index (χ4n) is 1.64. The van der Waals surface area contributed by atoms with Gasteiger partial charge in [-0.2, -0.15) is 0 Å². The van der Waals surface area contributed by atoms with Crippen LogP contribution in [-0.2, 0) is 9.59 Å². The number of hydrogen-bond acceptors (Lipinski definition) is 3. The second-order valence-corrected chi connectivity index (χ2v) is 5.02. The van der Waals surface area contributed by atoms with Crippen LogP contribution >= 0.6 is 0 Å². The highest BCUT2D eigenvalue weighted by atomic mass is 16.2. The average Bonchev–Trinajstić information content (AvgIpc) is 2.39. The van der Waals surface area contributed by atoms with E-state index in [2.05, 4.69) is 10.6 Å². The first-order valence-corrected chi connectivity index (χ1v) is 5.72. The Morgan fingerprint density at radius 2 is 2.31 bits per heavy atom. The standard InChI is InChI=1S/C11H21N3O2/c1-11(2,10(12)16)7-14-8-4-3-5-13-9(15)6-8/h8,14H,3-7H2,1-2H3,(H2,12,16)(H,13,15). The van der Waals surface area contributed by atoms with Crippen LogP contribution in [-0.4, -0.2) is 30.9 Å². The molecule has 0 aliphatic carbocycles. The molecule has 4 N–H and O–H groups in total. The van der Waals surface area contributed by atoms with Gasteiger partial charge in [-0.25, -0.2) is 0 Å². The molecule has 1 saturated heterocycles. The highest BCUT2D eigenvalue weighted by Gasteiger charge is 2.26. The smallest absolute Gasteiger partial charge is 0.224 e. The topological polar surface area (TPSA) is 84.2 Å². The lowest BCUT2D eigenvalue weighted by Crippen LogP contribution is -2.44. The molecule has 0 aromatic rings. The van der Waals surface area contributed by atoms with E-state index in [9.17, 15) is 9.59 Å². The van der Waals surface area contributed by atoms with Crippen molar-refractivity contribution in [3.63, 3.8) is 0 Å². The summed E-state index contributed by atoms with van der Waals surface area (Å²) in [6.07, 6.45) is 2.41. The van der Waals surface area contributed by atoms with Gasteiger partial charge < -0.3 is 16.4 Å². The maximum Gasteiger partial charge on any atom is 0.224 e. The molecule has 0 aromatic carbocycles. The Bertz CT molecular complexity index is 276. The van der Waals surface area contributed by atoms with Crippen LogP contribution in [0.25, 0.3) is 0 Å². The Morgan fingerprint density at radius 1 is 1.62 bits per heavy atom. The summed E-state index contributed by atoms with van der Waals surface area (Å²) in [5, 5.41) is 6.08. The minimum atomic E-state index is -0.567. The summed E-state index contributed by atoms with van der Waals surface area (Å²) < 4.78 is 0. The Balaban J connectivity index is 2.42. The second kappa shape index (κ2) is 5.30. The van der Waals surface area contributed by atoms with Crippen LogP contribution in [0.5, 0.6) is 0 Å². The first kappa shape index (κ1) is 13.0. The van der Waals surface area contributed by atoms with Crippen molar-refractivity contribution in [3.05, 3.63) is 0 Å². The number of carbonyl (C=O) groups excluding carboxylic acids is 2. The van der Waals surface area contributed by atoms with Crippen molar-refractivity contribution in [1.82, 2.24) is 10.6 Å². The summed E-state index contributed by atoms with van der Waals surface area (Å²) in [6, 6.07) is 0.154. The monoisotopic (exact) mass is 227 g/mol. The third-order valence-corrected chi connectivity index (χ3v) is 2.98. The first-order chi connectivity index (χ1) is 7.42. The molecule has 5 nitrogen and oxygen atoms in total. The number of carbonyl (C=O) groups is 2. The quantitative estimate of drug-likeness (QED) is 0.619. The second-order valence-electron chi connectivity index (χ2n) is 5.02. The molecule has 0 spiro atoms. The van der Waals surface area contributed by atoms with E-state index in [1.807, 2.05) is 0 Å². The number of amides is 2. The predicted molar refractivity (Wildman–Crippen MR) is 61.6 cm³/mol. The molecule has 1 fully saturated rings. The molecule has 92 valence electrons. The van der Waals surface area contributed by atoms with Crippen LogP contribution in [0.2, 0.25) is 0 Å². The number of primary amides is 1. The summed E-state index contributed by atoms with van der Waals surface area (Å²) in [5.74, 6) is -0.245. The number of hydrogen-bond donors (Lipinski definition) is 3. The average molecular weight is 227 g/mol. The fraction of sp³-hybridized carbons (Fsp3) is 0.818. The van der Waals surface area contributed by atoms with E-state index in [1.54, 1.807) is 13.8 Å². The molecule has 0 radical (unpaired) electrons. The molecule has 1 heterocycles. The van der Waals surface area contributed by atoms with Gasteiger partial charge in [0, 0.05) is 25.6 Å². The molecule has 1 unspecified atom stereocenters. The highest BCUT2D eigenvalue weighted by molar-refractivity contribution is 5.80. The number of nitrogens with one attached hydrogen (secondary N) is 2. The third-order valence-electron chi connectivity index (χ3n) is 2.98. The minimum absolute atomic E-state index is 0.0758. The van der Waals surface area contributed by atoms with Crippen LogP contribution < -0.4 is 16.4 Å². The molecule has 0 bridgehead atoms. The molecule has 1 aliphatic rings. The van der Waals surface area contributed by atoms with Crippen LogP contribution in [0.1, 0.15) is 33.1 Å². The molecule has 0 aromatic heterocycles. The Labute approximate surface area is 96.1 Å². The number of rotatable bonds is 4.